The normalized spacial score (nSPS) is 12.9. The Morgan fingerprint density at radius 2 is 2.25 bits per heavy atom. The van der Waals surface area contributed by atoms with E-state index in [2.05, 4.69) is 20.9 Å². The van der Waals surface area contributed by atoms with E-state index in [1.165, 1.54) is 4.88 Å². The highest BCUT2D eigenvalue weighted by Crippen LogP contribution is 2.28. The largest absolute Gasteiger partial charge is 0.399 e. The first-order chi connectivity index (χ1) is 9.56. The number of thiophene rings is 1. The van der Waals surface area contributed by atoms with Crippen LogP contribution in [0.25, 0.3) is 11.0 Å². The molecule has 0 amide bonds. The fourth-order valence-corrected chi connectivity index (χ4v) is 3.70. The summed E-state index contributed by atoms with van der Waals surface area (Å²) in [5.74, 6) is 0.658. The summed E-state index contributed by atoms with van der Waals surface area (Å²) in [6.07, 6.45) is -0.623. The Kier molecular flexibility index (Phi) is 3.54. The van der Waals surface area contributed by atoms with E-state index >= 15 is 0 Å². The number of anilines is 1. The Morgan fingerprint density at radius 1 is 1.45 bits per heavy atom. The molecule has 6 heteroatoms. The average molecular weight is 352 g/mol. The van der Waals surface area contributed by atoms with Crippen LogP contribution >= 0.6 is 27.3 Å². The van der Waals surface area contributed by atoms with Crippen molar-refractivity contribution in [3.63, 3.8) is 0 Å². The van der Waals surface area contributed by atoms with Gasteiger partial charge in [-0.1, -0.05) is 0 Å². The molecule has 0 aliphatic rings. The minimum absolute atomic E-state index is 0.623. The molecule has 0 spiro atoms. The van der Waals surface area contributed by atoms with Crippen LogP contribution in [0.15, 0.2) is 34.1 Å². The number of imidazole rings is 1. The van der Waals surface area contributed by atoms with Crippen molar-refractivity contribution < 1.29 is 5.11 Å². The Labute approximate surface area is 129 Å². The van der Waals surface area contributed by atoms with Gasteiger partial charge in [0.1, 0.15) is 11.9 Å². The van der Waals surface area contributed by atoms with E-state index in [4.69, 9.17) is 5.73 Å². The molecule has 0 fully saturated rings. The molecule has 3 aromatic rings. The highest BCUT2D eigenvalue weighted by atomic mass is 79.9. The molecule has 1 atom stereocenters. The summed E-state index contributed by atoms with van der Waals surface area (Å²) in [7, 11) is 0. The molecule has 0 aliphatic heterocycles. The predicted octanol–water partition coefficient (Wildman–Crippen LogP) is 3.54. The van der Waals surface area contributed by atoms with Crippen molar-refractivity contribution in [2.24, 2.45) is 0 Å². The number of aliphatic hydroxyl groups excluding tert-OH is 1. The lowest BCUT2D eigenvalue weighted by Gasteiger charge is -2.10. The van der Waals surface area contributed by atoms with E-state index in [0.717, 1.165) is 15.5 Å². The number of fused-ring (bicyclic) bond motifs is 1. The first-order valence-corrected chi connectivity index (χ1v) is 7.89. The molecule has 3 N–H and O–H groups in total. The Hall–Kier alpha value is -1.37. The standard InChI is InChI=1S/C14H14BrN3OS/c1-8(19)14-17-11-6-9(16)2-3-12(11)18(14)7-13-10(15)4-5-20-13/h2-6,8,19H,7,16H2,1H3. The molecule has 2 aromatic heterocycles. The van der Waals surface area contributed by atoms with Gasteiger partial charge in [0, 0.05) is 15.0 Å². The van der Waals surface area contributed by atoms with Gasteiger partial charge in [-0.15, -0.1) is 11.3 Å². The van der Waals surface area contributed by atoms with E-state index in [1.54, 1.807) is 18.3 Å². The van der Waals surface area contributed by atoms with Crippen LogP contribution in [0.1, 0.15) is 23.7 Å². The molecule has 0 aliphatic carbocycles. The summed E-state index contributed by atoms with van der Waals surface area (Å²) in [6, 6.07) is 7.67. The van der Waals surface area contributed by atoms with Crippen LogP contribution in [0.5, 0.6) is 0 Å². The van der Waals surface area contributed by atoms with Gasteiger partial charge in [0.15, 0.2) is 0 Å². The van der Waals surface area contributed by atoms with Crippen LogP contribution < -0.4 is 5.73 Å². The molecule has 104 valence electrons. The van der Waals surface area contributed by atoms with Gasteiger partial charge >= 0.3 is 0 Å². The van der Waals surface area contributed by atoms with Gasteiger partial charge in [-0.2, -0.15) is 0 Å². The first-order valence-electron chi connectivity index (χ1n) is 6.22. The van der Waals surface area contributed by atoms with Gasteiger partial charge in [0.25, 0.3) is 0 Å². The predicted molar refractivity (Wildman–Crippen MR) is 85.9 cm³/mol. The lowest BCUT2D eigenvalue weighted by molar-refractivity contribution is 0.185. The molecule has 1 unspecified atom stereocenters. The summed E-state index contributed by atoms with van der Waals surface area (Å²) < 4.78 is 3.12. The molecule has 0 bridgehead atoms. The maximum Gasteiger partial charge on any atom is 0.138 e. The van der Waals surface area contributed by atoms with Crippen molar-refractivity contribution in [2.45, 2.75) is 19.6 Å². The fraction of sp³-hybridized carbons (Fsp3) is 0.214. The number of hydrogen-bond acceptors (Lipinski definition) is 4. The summed E-state index contributed by atoms with van der Waals surface area (Å²) in [6.45, 7) is 2.41. The summed E-state index contributed by atoms with van der Waals surface area (Å²) in [4.78, 5) is 5.70. The SMILES string of the molecule is CC(O)c1nc2cc(N)ccc2n1Cc1sccc1Br. The van der Waals surface area contributed by atoms with Crippen molar-refractivity contribution in [2.75, 3.05) is 5.73 Å². The van der Waals surface area contributed by atoms with Crippen LogP contribution in [0, 0.1) is 0 Å². The van der Waals surface area contributed by atoms with E-state index < -0.39 is 6.10 Å². The van der Waals surface area contributed by atoms with Crippen LogP contribution in [0.2, 0.25) is 0 Å². The zero-order chi connectivity index (χ0) is 14.3. The van der Waals surface area contributed by atoms with Gasteiger partial charge in [-0.05, 0) is 52.5 Å². The summed E-state index contributed by atoms with van der Waals surface area (Å²) in [5, 5.41) is 12.0. The van der Waals surface area contributed by atoms with Crippen LogP contribution in [0.4, 0.5) is 5.69 Å². The summed E-state index contributed by atoms with van der Waals surface area (Å²) in [5.41, 5.74) is 8.28. The van der Waals surface area contributed by atoms with Crippen molar-refractivity contribution in [1.29, 1.82) is 0 Å². The fourth-order valence-electron chi connectivity index (χ4n) is 2.23. The molecule has 0 saturated carbocycles. The third-order valence-corrected chi connectivity index (χ3v) is 5.08. The maximum atomic E-state index is 9.95. The number of benzene rings is 1. The van der Waals surface area contributed by atoms with E-state index in [-0.39, 0.29) is 0 Å². The minimum Gasteiger partial charge on any atom is -0.399 e. The molecule has 3 rings (SSSR count). The lowest BCUT2D eigenvalue weighted by atomic mass is 10.3. The third kappa shape index (κ3) is 2.34. The molecule has 4 nitrogen and oxygen atoms in total. The van der Waals surface area contributed by atoms with E-state index in [1.807, 2.05) is 34.2 Å². The van der Waals surface area contributed by atoms with Crippen LogP contribution in [0.3, 0.4) is 0 Å². The van der Waals surface area contributed by atoms with Gasteiger partial charge < -0.3 is 15.4 Å². The molecule has 0 saturated heterocycles. The number of nitrogen functional groups attached to an aromatic ring is 1. The highest BCUT2D eigenvalue weighted by Gasteiger charge is 2.16. The average Bonchev–Trinajstić information content (AvgIpc) is 2.95. The molecular weight excluding hydrogens is 338 g/mol. The van der Waals surface area contributed by atoms with Gasteiger partial charge in [-0.25, -0.2) is 4.98 Å². The zero-order valence-corrected chi connectivity index (χ0v) is 13.3. The van der Waals surface area contributed by atoms with Gasteiger partial charge in [0.2, 0.25) is 0 Å². The summed E-state index contributed by atoms with van der Waals surface area (Å²) >= 11 is 5.22. The molecule has 2 heterocycles. The van der Waals surface area contributed by atoms with Gasteiger partial charge in [-0.3, -0.25) is 0 Å². The Balaban J connectivity index is 2.16. The van der Waals surface area contributed by atoms with Crippen LogP contribution in [-0.2, 0) is 6.54 Å². The second-order valence-electron chi connectivity index (χ2n) is 4.67. The Morgan fingerprint density at radius 3 is 2.90 bits per heavy atom. The quantitative estimate of drug-likeness (QED) is 0.709. The number of aliphatic hydroxyl groups is 1. The van der Waals surface area contributed by atoms with Crippen molar-refractivity contribution >= 4 is 44.0 Å². The minimum atomic E-state index is -0.623. The number of aromatic nitrogens is 2. The third-order valence-electron chi connectivity index (χ3n) is 3.17. The van der Waals surface area contributed by atoms with Crippen molar-refractivity contribution in [1.82, 2.24) is 9.55 Å². The number of halogens is 1. The van der Waals surface area contributed by atoms with Gasteiger partial charge in [0.05, 0.1) is 17.6 Å². The number of nitrogens with zero attached hydrogens (tertiary/aromatic N) is 2. The van der Waals surface area contributed by atoms with Crippen molar-refractivity contribution in [3.05, 3.63) is 44.8 Å². The highest BCUT2D eigenvalue weighted by molar-refractivity contribution is 9.10. The maximum absolute atomic E-state index is 9.95. The first kappa shape index (κ1) is 13.6. The van der Waals surface area contributed by atoms with Crippen molar-refractivity contribution in [3.8, 4) is 0 Å². The second kappa shape index (κ2) is 5.20. The number of rotatable bonds is 3. The van der Waals surface area contributed by atoms with E-state index in [0.29, 0.717) is 18.1 Å². The topological polar surface area (TPSA) is 64.1 Å². The smallest absolute Gasteiger partial charge is 0.138 e. The van der Waals surface area contributed by atoms with Crippen LogP contribution in [-0.4, -0.2) is 14.7 Å². The number of nitrogens with two attached hydrogens (primary N) is 1. The molecular formula is C14H14BrN3OS. The lowest BCUT2D eigenvalue weighted by Crippen LogP contribution is -2.07. The molecule has 1 aromatic carbocycles. The van der Waals surface area contributed by atoms with E-state index in [9.17, 15) is 5.11 Å². The number of hydrogen-bond donors (Lipinski definition) is 2. The zero-order valence-electron chi connectivity index (χ0n) is 10.9. The Bertz CT molecular complexity index is 763. The molecule has 20 heavy (non-hydrogen) atoms. The molecule has 0 radical (unpaired) electrons. The monoisotopic (exact) mass is 351 g/mol. The second-order valence-corrected chi connectivity index (χ2v) is 6.53.